The van der Waals surface area contributed by atoms with E-state index in [1.165, 1.54) is 10.9 Å². The van der Waals surface area contributed by atoms with Gasteiger partial charge in [0.25, 0.3) is 5.56 Å². The summed E-state index contributed by atoms with van der Waals surface area (Å²) < 4.78 is 6.57. The number of esters is 1. The van der Waals surface area contributed by atoms with E-state index in [9.17, 15) is 14.4 Å². The van der Waals surface area contributed by atoms with Crippen molar-refractivity contribution in [3.8, 4) is 0 Å². The normalized spacial score (nSPS) is 11.2. The van der Waals surface area contributed by atoms with Crippen molar-refractivity contribution in [2.75, 3.05) is 19.7 Å². The molecule has 1 amide bonds. The zero-order valence-electron chi connectivity index (χ0n) is 15.9. The number of aryl methyl sites for hydroxylation is 1. The Morgan fingerprint density at radius 1 is 1.31 bits per heavy atom. The van der Waals surface area contributed by atoms with Crippen molar-refractivity contribution in [3.63, 3.8) is 0 Å². The van der Waals surface area contributed by atoms with Crippen molar-refractivity contribution in [3.05, 3.63) is 27.1 Å². The first kappa shape index (κ1) is 20.1. The highest BCUT2D eigenvalue weighted by molar-refractivity contribution is 7.20. The van der Waals surface area contributed by atoms with Gasteiger partial charge in [-0.2, -0.15) is 0 Å². The molecule has 0 aliphatic carbocycles. The van der Waals surface area contributed by atoms with Crippen LogP contribution in [0.25, 0.3) is 10.2 Å². The van der Waals surface area contributed by atoms with Gasteiger partial charge in [-0.1, -0.05) is 13.8 Å². The van der Waals surface area contributed by atoms with Gasteiger partial charge in [-0.25, -0.2) is 9.78 Å². The first-order valence-corrected chi connectivity index (χ1v) is 9.55. The van der Waals surface area contributed by atoms with Crippen molar-refractivity contribution < 1.29 is 14.3 Å². The lowest BCUT2D eigenvalue weighted by Gasteiger charge is -2.18. The van der Waals surface area contributed by atoms with Crippen molar-refractivity contribution in [1.82, 2.24) is 14.5 Å². The van der Waals surface area contributed by atoms with Crippen LogP contribution in [0.1, 0.15) is 42.9 Å². The molecule has 0 saturated heterocycles. The minimum Gasteiger partial charge on any atom is -0.461 e. The van der Waals surface area contributed by atoms with Crippen LogP contribution in [0.15, 0.2) is 11.1 Å². The fourth-order valence-electron chi connectivity index (χ4n) is 2.60. The van der Waals surface area contributed by atoms with Gasteiger partial charge >= 0.3 is 5.97 Å². The van der Waals surface area contributed by atoms with E-state index in [-0.39, 0.29) is 23.9 Å². The number of fused-ring (bicyclic) bond motifs is 1. The third-order valence-electron chi connectivity index (χ3n) is 4.07. The van der Waals surface area contributed by atoms with E-state index < -0.39 is 5.97 Å². The van der Waals surface area contributed by atoms with Crippen LogP contribution in [0, 0.1) is 12.8 Å². The number of aromatic nitrogens is 2. The lowest BCUT2D eigenvalue weighted by Crippen LogP contribution is -2.36. The lowest BCUT2D eigenvalue weighted by molar-refractivity contribution is -0.131. The van der Waals surface area contributed by atoms with E-state index in [1.807, 2.05) is 27.7 Å². The summed E-state index contributed by atoms with van der Waals surface area (Å²) in [6.45, 7) is 10.8. The smallest absolute Gasteiger partial charge is 0.348 e. The van der Waals surface area contributed by atoms with Gasteiger partial charge in [0.05, 0.1) is 18.3 Å². The second-order valence-corrected chi connectivity index (χ2v) is 7.47. The van der Waals surface area contributed by atoms with Gasteiger partial charge in [-0.3, -0.25) is 14.2 Å². The SMILES string of the molecule is CCN(CC)C(=O)Cn1cnc2sc(C(=O)OCC(C)C)c(C)c2c1=O. The van der Waals surface area contributed by atoms with Gasteiger partial charge in [0, 0.05) is 13.1 Å². The molecular weight excluding hydrogens is 354 g/mol. The maximum atomic E-state index is 12.8. The largest absolute Gasteiger partial charge is 0.461 e. The number of ether oxygens (including phenoxy) is 1. The molecule has 142 valence electrons. The topological polar surface area (TPSA) is 81.5 Å². The molecule has 0 aliphatic rings. The van der Waals surface area contributed by atoms with Crippen molar-refractivity contribution in [2.24, 2.45) is 5.92 Å². The number of hydrogen-bond acceptors (Lipinski definition) is 6. The summed E-state index contributed by atoms with van der Waals surface area (Å²) in [4.78, 5) is 44.1. The predicted octanol–water partition coefficient (Wildman–Crippen LogP) is 2.45. The molecule has 0 aliphatic heterocycles. The van der Waals surface area contributed by atoms with E-state index in [0.717, 1.165) is 11.3 Å². The summed E-state index contributed by atoms with van der Waals surface area (Å²) in [6, 6.07) is 0. The fraction of sp³-hybridized carbons (Fsp3) is 0.556. The molecule has 0 atom stereocenters. The Labute approximate surface area is 156 Å². The number of likely N-dealkylation sites (N-methyl/N-ethyl adjacent to an activating group) is 1. The molecule has 2 heterocycles. The van der Waals surface area contributed by atoms with E-state index in [2.05, 4.69) is 4.98 Å². The Kier molecular flexibility index (Phi) is 6.52. The molecule has 0 unspecified atom stereocenters. The second kappa shape index (κ2) is 8.44. The molecule has 2 aromatic heterocycles. The molecule has 0 aromatic carbocycles. The molecule has 0 bridgehead atoms. The van der Waals surface area contributed by atoms with Gasteiger partial charge < -0.3 is 9.64 Å². The van der Waals surface area contributed by atoms with Gasteiger partial charge in [0.2, 0.25) is 5.91 Å². The summed E-state index contributed by atoms with van der Waals surface area (Å²) in [5.41, 5.74) is 0.244. The highest BCUT2D eigenvalue weighted by Crippen LogP contribution is 2.27. The number of rotatable bonds is 7. The molecular formula is C18H25N3O4S. The monoisotopic (exact) mass is 379 g/mol. The minimum atomic E-state index is -0.440. The van der Waals surface area contributed by atoms with Gasteiger partial charge in [-0.05, 0) is 32.3 Å². The highest BCUT2D eigenvalue weighted by Gasteiger charge is 2.21. The third-order valence-corrected chi connectivity index (χ3v) is 5.25. The van der Waals surface area contributed by atoms with Crippen LogP contribution in [0.3, 0.4) is 0 Å². The molecule has 0 radical (unpaired) electrons. The first-order chi connectivity index (χ1) is 12.3. The lowest BCUT2D eigenvalue weighted by atomic mass is 10.2. The number of hydrogen-bond donors (Lipinski definition) is 0. The molecule has 0 saturated carbocycles. The number of amides is 1. The molecule has 2 aromatic rings. The van der Waals surface area contributed by atoms with Gasteiger partial charge in [0.15, 0.2) is 0 Å². The van der Waals surface area contributed by atoms with Crippen LogP contribution in [-0.2, 0) is 16.1 Å². The zero-order valence-corrected chi connectivity index (χ0v) is 16.7. The molecule has 7 nitrogen and oxygen atoms in total. The van der Waals surface area contributed by atoms with Crippen LogP contribution in [0.2, 0.25) is 0 Å². The standard InChI is InChI=1S/C18H25N3O4S/c1-6-20(7-2)13(22)8-21-10-19-16-14(17(21)23)12(5)15(26-16)18(24)25-9-11(3)4/h10-11H,6-9H2,1-5H3. The van der Waals surface area contributed by atoms with Crippen molar-refractivity contribution in [1.29, 1.82) is 0 Å². The molecule has 0 spiro atoms. The molecule has 26 heavy (non-hydrogen) atoms. The molecule has 0 N–H and O–H groups in total. The van der Waals surface area contributed by atoms with Crippen LogP contribution < -0.4 is 5.56 Å². The summed E-state index contributed by atoms with van der Waals surface area (Å²) in [5.74, 6) is -0.345. The summed E-state index contributed by atoms with van der Waals surface area (Å²) in [6.07, 6.45) is 1.37. The van der Waals surface area contributed by atoms with E-state index in [4.69, 9.17) is 4.74 Å². The van der Waals surface area contributed by atoms with E-state index >= 15 is 0 Å². The van der Waals surface area contributed by atoms with Crippen LogP contribution in [0.5, 0.6) is 0 Å². The number of carbonyl (C=O) groups excluding carboxylic acids is 2. The van der Waals surface area contributed by atoms with Crippen LogP contribution >= 0.6 is 11.3 Å². The van der Waals surface area contributed by atoms with Crippen molar-refractivity contribution in [2.45, 2.75) is 41.2 Å². The predicted molar refractivity (Wildman–Crippen MR) is 102 cm³/mol. The minimum absolute atomic E-state index is 0.0636. The number of thiophene rings is 1. The number of carbonyl (C=O) groups is 2. The summed E-state index contributed by atoms with van der Waals surface area (Å²) in [5, 5.41) is 0.376. The Morgan fingerprint density at radius 2 is 1.96 bits per heavy atom. The maximum Gasteiger partial charge on any atom is 0.348 e. The Bertz CT molecular complexity index is 865. The van der Waals surface area contributed by atoms with E-state index in [0.29, 0.717) is 40.4 Å². The highest BCUT2D eigenvalue weighted by atomic mass is 32.1. The van der Waals surface area contributed by atoms with Crippen LogP contribution in [-0.4, -0.2) is 46.0 Å². The Hall–Kier alpha value is -2.22. The van der Waals surface area contributed by atoms with Crippen molar-refractivity contribution >= 4 is 33.4 Å². The van der Waals surface area contributed by atoms with Gasteiger partial charge in [-0.15, -0.1) is 11.3 Å². The van der Waals surface area contributed by atoms with Crippen LogP contribution in [0.4, 0.5) is 0 Å². The Morgan fingerprint density at radius 3 is 2.54 bits per heavy atom. The second-order valence-electron chi connectivity index (χ2n) is 6.47. The zero-order chi connectivity index (χ0) is 19.4. The fourth-order valence-corrected chi connectivity index (χ4v) is 3.63. The maximum absolute atomic E-state index is 12.8. The quantitative estimate of drug-likeness (QED) is 0.690. The molecule has 2 rings (SSSR count). The van der Waals surface area contributed by atoms with E-state index in [1.54, 1.807) is 11.8 Å². The Balaban J connectivity index is 2.36. The summed E-state index contributed by atoms with van der Waals surface area (Å²) in [7, 11) is 0. The third kappa shape index (κ3) is 4.12. The molecule has 0 fully saturated rings. The first-order valence-electron chi connectivity index (χ1n) is 8.73. The molecule has 8 heteroatoms. The average Bonchev–Trinajstić information content (AvgIpc) is 2.94. The van der Waals surface area contributed by atoms with Gasteiger partial charge in [0.1, 0.15) is 16.3 Å². The summed E-state index contributed by atoms with van der Waals surface area (Å²) >= 11 is 1.15. The average molecular weight is 379 g/mol. The number of nitrogens with zero attached hydrogens (tertiary/aromatic N) is 3.